The van der Waals surface area contributed by atoms with Gasteiger partial charge in [0.25, 0.3) is 0 Å². The van der Waals surface area contributed by atoms with E-state index in [0.29, 0.717) is 5.92 Å². The second-order valence-corrected chi connectivity index (χ2v) is 7.38. The molecule has 1 saturated heterocycles. The maximum atomic E-state index is 12.7. The van der Waals surface area contributed by atoms with Gasteiger partial charge in [0.1, 0.15) is 5.82 Å². The molecule has 25 heavy (non-hydrogen) atoms. The Hall–Kier alpha value is -2.30. The first-order chi connectivity index (χ1) is 12.2. The monoisotopic (exact) mass is 338 g/mol. The summed E-state index contributed by atoms with van der Waals surface area (Å²) in [4.78, 5) is 19.1. The van der Waals surface area contributed by atoms with Crippen LogP contribution in [0.25, 0.3) is 0 Å². The number of hydrogen-bond donors (Lipinski definition) is 1. The number of rotatable bonds is 3. The van der Waals surface area contributed by atoms with Gasteiger partial charge in [-0.1, -0.05) is 6.07 Å². The lowest BCUT2D eigenvalue weighted by Gasteiger charge is -2.32. The largest absolute Gasteiger partial charge is 0.338 e. The molecule has 0 bridgehead atoms. The van der Waals surface area contributed by atoms with Crippen LogP contribution in [0.3, 0.4) is 0 Å². The van der Waals surface area contributed by atoms with Crippen molar-refractivity contribution in [1.82, 2.24) is 14.5 Å². The Morgan fingerprint density at radius 3 is 3.00 bits per heavy atom. The summed E-state index contributed by atoms with van der Waals surface area (Å²) in [5.41, 5.74) is 3.76. The standard InChI is InChI=1S/C20H26N4O/c1-23-11-9-21-19(23)12-15-4-3-10-24(14-15)20(25)22-18-8-7-16-5-2-6-17(16)13-18/h7-9,11,13,15H,2-6,10,12,14H2,1H3,(H,22,25)/t15-/m1/s1. The zero-order valence-corrected chi connectivity index (χ0v) is 14.9. The fourth-order valence-electron chi connectivity index (χ4n) is 4.12. The number of imidazole rings is 1. The van der Waals surface area contributed by atoms with E-state index in [0.717, 1.165) is 50.3 Å². The van der Waals surface area contributed by atoms with Crippen LogP contribution in [0.4, 0.5) is 10.5 Å². The number of nitrogens with zero attached hydrogens (tertiary/aromatic N) is 3. The van der Waals surface area contributed by atoms with Crippen LogP contribution in [0.2, 0.25) is 0 Å². The first kappa shape index (κ1) is 16.2. The zero-order valence-electron chi connectivity index (χ0n) is 14.9. The fraction of sp³-hybridized carbons (Fsp3) is 0.500. The van der Waals surface area contributed by atoms with Gasteiger partial charge in [0.2, 0.25) is 0 Å². The van der Waals surface area contributed by atoms with E-state index in [1.165, 1.54) is 24.0 Å². The minimum Gasteiger partial charge on any atom is -0.338 e. The maximum Gasteiger partial charge on any atom is 0.321 e. The van der Waals surface area contributed by atoms with Gasteiger partial charge in [-0.15, -0.1) is 0 Å². The highest BCUT2D eigenvalue weighted by molar-refractivity contribution is 5.89. The van der Waals surface area contributed by atoms with Crippen molar-refractivity contribution in [3.8, 4) is 0 Å². The molecule has 2 aliphatic rings. The number of carbonyl (C=O) groups excluding carboxylic acids is 1. The fourth-order valence-corrected chi connectivity index (χ4v) is 4.12. The Morgan fingerprint density at radius 2 is 2.16 bits per heavy atom. The molecule has 1 aliphatic heterocycles. The van der Waals surface area contributed by atoms with Crippen LogP contribution in [-0.4, -0.2) is 33.6 Å². The average Bonchev–Trinajstić information content (AvgIpc) is 3.24. The van der Waals surface area contributed by atoms with E-state index in [1.807, 2.05) is 30.4 Å². The second kappa shape index (κ2) is 6.90. The molecule has 0 radical (unpaired) electrons. The van der Waals surface area contributed by atoms with Gasteiger partial charge < -0.3 is 14.8 Å². The summed E-state index contributed by atoms with van der Waals surface area (Å²) in [6.07, 6.45) is 10.5. The lowest BCUT2D eigenvalue weighted by atomic mass is 9.94. The Balaban J connectivity index is 1.37. The van der Waals surface area contributed by atoms with E-state index in [-0.39, 0.29) is 6.03 Å². The number of aromatic nitrogens is 2. The van der Waals surface area contributed by atoms with Crippen molar-refractivity contribution in [2.75, 3.05) is 18.4 Å². The van der Waals surface area contributed by atoms with Gasteiger partial charge in [-0.25, -0.2) is 9.78 Å². The smallest absolute Gasteiger partial charge is 0.321 e. The van der Waals surface area contributed by atoms with Gasteiger partial charge in [-0.05, 0) is 61.3 Å². The van der Waals surface area contributed by atoms with E-state index in [2.05, 4.69) is 27.0 Å². The molecule has 2 aromatic rings. The highest BCUT2D eigenvalue weighted by Crippen LogP contribution is 2.26. The highest BCUT2D eigenvalue weighted by atomic mass is 16.2. The van der Waals surface area contributed by atoms with Crippen LogP contribution in [0, 0.1) is 5.92 Å². The predicted octanol–water partition coefficient (Wildman–Crippen LogP) is 3.40. The summed E-state index contributed by atoms with van der Waals surface area (Å²) in [5, 5.41) is 3.10. The van der Waals surface area contributed by atoms with Crippen LogP contribution < -0.4 is 5.32 Å². The molecule has 1 atom stereocenters. The maximum absolute atomic E-state index is 12.7. The van der Waals surface area contributed by atoms with E-state index in [9.17, 15) is 4.79 Å². The topological polar surface area (TPSA) is 50.2 Å². The van der Waals surface area contributed by atoms with Gasteiger partial charge in [0.15, 0.2) is 0 Å². The number of piperidine rings is 1. The van der Waals surface area contributed by atoms with E-state index >= 15 is 0 Å². The third-order valence-corrected chi connectivity index (χ3v) is 5.55. The molecule has 1 fully saturated rings. The van der Waals surface area contributed by atoms with Crippen molar-refractivity contribution in [1.29, 1.82) is 0 Å². The van der Waals surface area contributed by atoms with E-state index in [4.69, 9.17) is 0 Å². The third kappa shape index (κ3) is 3.55. The summed E-state index contributed by atoms with van der Waals surface area (Å²) < 4.78 is 2.07. The van der Waals surface area contributed by atoms with Gasteiger partial charge in [-0.2, -0.15) is 0 Å². The van der Waals surface area contributed by atoms with Gasteiger partial charge >= 0.3 is 6.03 Å². The van der Waals surface area contributed by atoms with Crippen LogP contribution in [0.1, 0.15) is 36.2 Å². The number of anilines is 1. The molecule has 5 heteroatoms. The predicted molar refractivity (Wildman–Crippen MR) is 98.7 cm³/mol. The SMILES string of the molecule is Cn1ccnc1C[C@H]1CCCN(C(=O)Nc2ccc3c(c2)CCC3)C1. The highest BCUT2D eigenvalue weighted by Gasteiger charge is 2.25. The number of fused-ring (bicyclic) bond motifs is 1. The number of nitrogens with one attached hydrogen (secondary N) is 1. The first-order valence-electron chi connectivity index (χ1n) is 9.33. The summed E-state index contributed by atoms with van der Waals surface area (Å²) in [6.45, 7) is 1.65. The molecule has 2 heterocycles. The molecule has 1 aromatic carbocycles. The number of aryl methyl sites for hydroxylation is 3. The van der Waals surface area contributed by atoms with Crippen LogP contribution >= 0.6 is 0 Å². The molecule has 1 aliphatic carbocycles. The van der Waals surface area contributed by atoms with Crippen LogP contribution in [-0.2, 0) is 26.3 Å². The molecule has 4 rings (SSSR count). The molecule has 0 saturated carbocycles. The Labute approximate surface area is 149 Å². The van der Waals surface area contributed by atoms with Crippen molar-refractivity contribution < 1.29 is 4.79 Å². The van der Waals surface area contributed by atoms with Crippen molar-refractivity contribution in [2.45, 2.75) is 38.5 Å². The number of amides is 2. The first-order valence-corrected chi connectivity index (χ1v) is 9.33. The normalized spacial score (nSPS) is 19.7. The van der Waals surface area contributed by atoms with E-state index < -0.39 is 0 Å². The second-order valence-electron chi connectivity index (χ2n) is 7.38. The minimum atomic E-state index is 0.0301. The number of carbonyl (C=O) groups is 1. The minimum absolute atomic E-state index is 0.0301. The molecular formula is C20H26N4O. The van der Waals surface area contributed by atoms with Crippen molar-refractivity contribution in [3.05, 3.63) is 47.5 Å². The molecule has 1 N–H and O–H groups in total. The van der Waals surface area contributed by atoms with E-state index in [1.54, 1.807) is 0 Å². The van der Waals surface area contributed by atoms with Gasteiger partial charge in [-0.3, -0.25) is 0 Å². The number of benzene rings is 1. The van der Waals surface area contributed by atoms with Crippen molar-refractivity contribution in [3.63, 3.8) is 0 Å². The Bertz CT molecular complexity index is 767. The Kier molecular flexibility index (Phi) is 4.47. The number of likely N-dealkylation sites (tertiary alicyclic amines) is 1. The molecule has 5 nitrogen and oxygen atoms in total. The van der Waals surface area contributed by atoms with Crippen molar-refractivity contribution in [2.24, 2.45) is 13.0 Å². The molecule has 1 aromatic heterocycles. The van der Waals surface area contributed by atoms with Gasteiger partial charge in [0.05, 0.1) is 0 Å². The number of hydrogen-bond acceptors (Lipinski definition) is 2. The number of urea groups is 1. The molecule has 0 spiro atoms. The van der Waals surface area contributed by atoms with Crippen molar-refractivity contribution >= 4 is 11.7 Å². The van der Waals surface area contributed by atoms with Gasteiger partial charge in [0, 0.05) is 44.6 Å². The third-order valence-electron chi connectivity index (χ3n) is 5.55. The molecule has 132 valence electrons. The summed E-state index contributed by atoms with van der Waals surface area (Å²) in [7, 11) is 2.03. The van der Waals surface area contributed by atoms with Crippen LogP contribution in [0.5, 0.6) is 0 Å². The average molecular weight is 338 g/mol. The summed E-state index contributed by atoms with van der Waals surface area (Å²) >= 11 is 0. The summed E-state index contributed by atoms with van der Waals surface area (Å²) in [6, 6.07) is 6.38. The Morgan fingerprint density at radius 1 is 1.28 bits per heavy atom. The quantitative estimate of drug-likeness (QED) is 0.932. The summed E-state index contributed by atoms with van der Waals surface area (Å²) in [5.74, 6) is 1.59. The van der Waals surface area contributed by atoms with Crippen LogP contribution in [0.15, 0.2) is 30.6 Å². The zero-order chi connectivity index (χ0) is 17.2. The molecular weight excluding hydrogens is 312 g/mol. The lowest BCUT2D eigenvalue weighted by Crippen LogP contribution is -2.43. The molecule has 2 amide bonds. The lowest BCUT2D eigenvalue weighted by molar-refractivity contribution is 0.176. The molecule has 0 unspecified atom stereocenters.